The summed E-state index contributed by atoms with van der Waals surface area (Å²) in [5.74, 6) is 0.799. The lowest BCUT2D eigenvalue weighted by Crippen LogP contribution is -2.33. The number of amides is 1. The van der Waals surface area contributed by atoms with Gasteiger partial charge in [-0.05, 0) is 19.1 Å². The Labute approximate surface area is 122 Å². The second-order valence-corrected chi connectivity index (χ2v) is 4.88. The fourth-order valence-corrected chi connectivity index (χ4v) is 1.87. The van der Waals surface area contributed by atoms with Gasteiger partial charge in [-0.3, -0.25) is 9.78 Å². The van der Waals surface area contributed by atoms with E-state index in [0.29, 0.717) is 24.7 Å². The molecule has 0 saturated heterocycles. The van der Waals surface area contributed by atoms with Crippen LogP contribution in [0.15, 0.2) is 29.0 Å². The van der Waals surface area contributed by atoms with Crippen LogP contribution in [0, 0.1) is 0 Å². The SMILES string of the molecule is CC(O)CN(C)C(=O)CCc1nc(-c2cccnc2)no1. The summed E-state index contributed by atoms with van der Waals surface area (Å²) in [5, 5.41) is 13.1. The molecule has 0 aliphatic carbocycles. The van der Waals surface area contributed by atoms with E-state index in [0.717, 1.165) is 5.56 Å². The van der Waals surface area contributed by atoms with E-state index in [-0.39, 0.29) is 12.3 Å². The van der Waals surface area contributed by atoms with Crippen molar-refractivity contribution in [3.63, 3.8) is 0 Å². The Balaban J connectivity index is 1.90. The molecule has 1 unspecified atom stereocenters. The maximum atomic E-state index is 11.8. The average molecular weight is 290 g/mol. The van der Waals surface area contributed by atoms with Crippen LogP contribution >= 0.6 is 0 Å². The zero-order chi connectivity index (χ0) is 15.2. The zero-order valence-corrected chi connectivity index (χ0v) is 12.1. The lowest BCUT2D eigenvalue weighted by molar-refractivity contribution is -0.131. The molecule has 0 aliphatic rings. The minimum absolute atomic E-state index is 0.0722. The maximum absolute atomic E-state index is 11.8. The van der Waals surface area contributed by atoms with E-state index in [9.17, 15) is 9.90 Å². The first kappa shape index (κ1) is 15.1. The Morgan fingerprint density at radius 1 is 1.52 bits per heavy atom. The highest BCUT2D eigenvalue weighted by molar-refractivity contribution is 5.76. The molecule has 2 heterocycles. The molecule has 0 fully saturated rings. The van der Waals surface area contributed by atoms with Gasteiger partial charge in [-0.25, -0.2) is 0 Å². The molecule has 21 heavy (non-hydrogen) atoms. The molecule has 7 heteroatoms. The quantitative estimate of drug-likeness (QED) is 0.850. The molecule has 2 rings (SSSR count). The van der Waals surface area contributed by atoms with Crippen molar-refractivity contribution in [1.29, 1.82) is 0 Å². The van der Waals surface area contributed by atoms with E-state index in [1.807, 2.05) is 6.07 Å². The molecule has 1 amide bonds. The molecule has 0 spiro atoms. The van der Waals surface area contributed by atoms with Gasteiger partial charge in [-0.2, -0.15) is 4.98 Å². The molecular weight excluding hydrogens is 272 g/mol. The topological polar surface area (TPSA) is 92.3 Å². The van der Waals surface area contributed by atoms with Crippen LogP contribution in [0.5, 0.6) is 0 Å². The van der Waals surface area contributed by atoms with Gasteiger partial charge in [0.15, 0.2) is 0 Å². The Morgan fingerprint density at radius 3 is 3.00 bits per heavy atom. The first-order chi connectivity index (χ1) is 10.1. The third-order valence-corrected chi connectivity index (χ3v) is 2.90. The molecule has 0 aromatic carbocycles. The number of aryl methyl sites for hydroxylation is 1. The van der Waals surface area contributed by atoms with Gasteiger partial charge >= 0.3 is 0 Å². The number of likely N-dealkylation sites (N-methyl/N-ethyl adjacent to an activating group) is 1. The lowest BCUT2D eigenvalue weighted by Gasteiger charge is -2.18. The van der Waals surface area contributed by atoms with Crippen LogP contribution in [0.3, 0.4) is 0 Å². The smallest absolute Gasteiger partial charge is 0.227 e. The van der Waals surface area contributed by atoms with Crippen LogP contribution in [0.2, 0.25) is 0 Å². The van der Waals surface area contributed by atoms with Crippen molar-refractivity contribution < 1.29 is 14.4 Å². The summed E-state index contributed by atoms with van der Waals surface area (Å²) in [5.41, 5.74) is 0.769. The van der Waals surface area contributed by atoms with Gasteiger partial charge in [-0.15, -0.1) is 0 Å². The van der Waals surface area contributed by atoms with Crippen molar-refractivity contribution in [2.75, 3.05) is 13.6 Å². The molecule has 7 nitrogen and oxygen atoms in total. The number of rotatable bonds is 6. The Kier molecular flexibility index (Phi) is 4.99. The highest BCUT2D eigenvalue weighted by atomic mass is 16.5. The van der Waals surface area contributed by atoms with Gasteiger partial charge in [-0.1, -0.05) is 5.16 Å². The van der Waals surface area contributed by atoms with Crippen molar-refractivity contribution in [3.05, 3.63) is 30.4 Å². The van der Waals surface area contributed by atoms with Crippen LogP contribution in [0.25, 0.3) is 11.4 Å². The summed E-state index contributed by atoms with van der Waals surface area (Å²) in [6.45, 7) is 1.95. The fourth-order valence-electron chi connectivity index (χ4n) is 1.87. The maximum Gasteiger partial charge on any atom is 0.227 e. The van der Waals surface area contributed by atoms with Gasteiger partial charge in [0, 0.05) is 44.4 Å². The van der Waals surface area contributed by atoms with Gasteiger partial charge in [0.1, 0.15) is 0 Å². The van der Waals surface area contributed by atoms with Crippen LogP contribution in [0.4, 0.5) is 0 Å². The molecule has 2 aromatic rings. The molecule has 0 radical (unpaired) electrons. The second-order valence-electron chi connectivity index (χ2n) is 4.88. The summed E-state index contributed by atoms with van der Waals surface area (Å²) >= 11 is 0. The Bertz CT molecular complexity index is 583. The summed E-state index contributed by atoms with van der Waals surface area (Å²) in [4.78, 5) is 21.6. The third-order valence-electron chi connectivity index (χ3n) is 2.90. The first-order valence-corrected chi connectivity index (χ1v) is 6.71. The second kappa shape index (κ2) is 6.94. The molecule has 112 valence electrons. The normalized spacial score (nSPS) is 12.1. The minimum atomic E-state index is -0.542. The van der Waals surface area contributed by atoms with Gasteiger partial charge < -0.3 is 14.5 Å². The largest absolute Gasteiger partial charge is 0.392 e. The van der Waals surface area contributed by atoms with Crippen molar-refractivity contribution >= 4 is 5.91 Å². The molecule has 0 saturated carbocycles. The number of pyridine rings is 1. The fraction of sp³-hybridized carbons (Fsp3) is 0.429. The third kappa shape index (κ3) is 4.35. The van der Waals surface area contributed by atoms with E-state index in [2.05, 4.69) is 15.1 Å². The lowest BCUT2D eigenvalue weighted by atomic mass is 10.2. The highest BCUT2D eigenvalue weighted by Crippen LogP contribution is 2.14. The van der Waals surface area contributed by atoms with Gasteiger partial charge in [0.25, 0.3) is 0 Å². The summed E-state index contributed by atoms with van der Waals surface area (Å²) in [6.07, 6.45) is 3.41. The number of carbonyl (C=O) groups excluding carboxylic acids is 1. The monoisotopic (exact) mass is 290 g/mol. The van der Waals surface area contributed by atoms with E-state index < -0.39 is 6.10 Å². The van der Waals surface area contributed by atoms with Crippen LogP contribution in [0.1, 0.15) is 19.2 Å². The van der Waals surface area contributed by atoms with Crippen molar-refractivity contribution in [2.45, 2.75) is 25.9 Å². The number of hydrogen-bond donors (Lipinski definition) is 1. The first-order valence-electron chi connectivity index (χ1n) is 6.71. The van der Waals surface area contributed by atoms with E-state index in [4.69, 9.17) is 4.52 Å². The van der Waals surface area contributed by atoms with Crippen LogP contribution in [-0.4, -0.2) is 50.7 Å². The standard InChI is InChI=1S/C14H18N4O3/c1-10(19)9-18(2)13(20)6-5-12-16-14(17-21-12)11-4-3-7-15-8-11/h3-4,7-8,10,19H,5-6,9H2,1-2H3. The molecule has 0 bridgehead atoms. The number of aromatic nitrogens is 3. The van der Waals surface area contributed by atoms with Gasteiger partial charge in [0.2, 0.25) is 17.6 Å². The number of aliphatic hydroxyl groups excluding tert-OH is 1. The van der Waals surface area contributed by atoms with E-state index in [1.165, 1.54) is 4.90 Å². The minimum Gasteiger partial charge on any atom is -0.392 e. The van der Waals surface area contributed by atoms with E-state index in [1.54, 1.807) is 32.4 Å². The van der Waals surface area contributed by atoms with E-state index >= 15 is 0 Å². The predicted octanol–water partition coefficient (Wildman–Crippen LogP) is 0.903. The summed E-state index contributed by atoms with van der Waals surface area (Å²) in [7, 11) is 1.66. The number of carbonyl (C=O) groups is 1. The summed E-state index contributed by atoms with van der Waals surface area (Å²) < 4.78 is 5.12. The molecule has 2 aromatic heterocycles. The molecule has 0 aliphatic heterocycles. The number of aliphatic hydroxyl groups is 1. The molecule has 1 N–H and O–H groups in total. The molecule has 1 atom stereocenters. The number of hydrogen-bond acceptors (Lipinski definition) is 6. The molecular formula is C14H18N4O3. The Hall–Kier alpha value is -2.28. The number of nitrogens with zero attached hydrogens (tertiary/aromatic N) is 4. The predicted molar refractivity (Wildman–Crippen MR) is 75.2 cm³/mol. The Morgan fingerprint density at radius 2 is 2.33 bits per heavy atom. The summed E-state index contributed by atoms with van der Waals surface area (Å²) in [6, 6.07) is 3.63. The van der Waals surface area contributed by atoms with Crippen molar-refractivity contribution in [1.82, 2.24) is 20.0 Å². The average Bonchev–Trinajstić information content (AvgIpc) is 2.94. The van der Waals surface area contributed by atoms with Crippen molar-refractivity contribution in [2.24, 2.45) is 0 Å². The van der Waals surface area contributed by atoms with Crippen LogP contribution in [-0.2, 0) is 11.2 Å². The van der Waals surface area contributed by atoms with Crippen LogP contribution < -0.4 is 0 Å². The van der Waals surface area contributed by atoms with Crippen molar-refractivity contribution in [3.8, 4) is 11.4 Å². The highest BCUT2D eigenvalue weighted by Gasteiger charge is 2.14. The van der Waals surface area contributed by atoms with Gasteiger partial charge in [0.05, 0.1) is 6.10 Å². The zero-order valence-electron chi connectivity index (χ0n) is 12.1.